The number of aromatic nitrogens is 4. The summed E-state index contributed by atoms with van der Waals surface area (Å²) in [7, 11) is 3.95. The van der Waals surface area contributed by atoms with Crippen molar-refractivity contribution in [1.82, 2.24) is 39.2 Å². The Bertz CT molecular complexity index is 1260. The molecule has 0 atom stereocenters. The topological polar surface area (TPSA) is 82.2 Å². The molecule has 4 aromatic rings. The molecule has 2 N–H and O–H groups in total. The molecule has 5 rings (SSSR count). The van der Waals surface area contributed by atoms with E-state index in [-0.39, 0.29) is 22.1 Å². The van der Waals surface area contributed by atoms with Crippen molar-refractivity contribution < 1.29 is 7.65 Å². The summed E-state index contributed by atoms with van der Waals surface area (Å²) in [4.78, 5) is 25.2. The quantitative estimate of drug-likeness (QED) is 0.260. The van der Waals surface area contributed by atoms with Crippen molar-refractivity contribution in [2.45, 2.75) is 27.3 Å². The number of piperazine rings is 1. The van der Waals surface area contributed by atoms with Crippen LogP contribution in [0.25, 0.3) is 11.3 Å². The van der Waals surface area contributed by atoms with Crippen LogP contribution in [0.5, 0.6) is 0 Å². The number of hydrogen-bond acceptors (Lipinski definition) is 7. The zero-order valence-corrected chi connectivity index (χ0v) is 24.4. The average molecular weight is 545 g/mol. The van der Waals surface area contributed by atoms with Gasteiger partial charge in [-0.3, -0.25) is 14.1 Å². The van der Waals surface area contributed by atoms with Gasteiger partial charge in [0.2, 0.25) is 0 Å². The minimum absolute atomic E-state index is 0. The number of rotatable bonds is 8. The van der Waals surface area contributed by atoms with Gasteiger partial charge in [-0.25, -0.2) is 9.97 Å². The number of pyridine rings is 2. The number of nitrogens with one attached hydrogen (secondary N) is 2. The fraction of sp³-hybridized carbons (Fsp3) is 0.464. The van der Waals surface area contributed by atoms with Crippen LogP contribution in [-0.4, -0.2) is 94.3 Å². The van der Waals surface area contributed by atoms with Crippen molar-refractivity contribution in [2.24, 2.45) is 0 Å². The Morgan fingerprint density at radius 2 is 1.71 bits per heavy atom. The SMILES string of the molecule is CC.CN1CCN(CCNCc2cnc3ccccn23)CC1.CNCC(=O)c1cnc2ccc(C)cn12.S.[HH].[HH]. The van der Waals surface area contributed by atoms with E-state index < -0.39 is 0 Å². The lowest BCUT2D eigenvalue weighted by Crippen LogP contribution is -2.46. The molecule has 38 heavy (non-hydrogen) atoms. The fourth-order valence-corrected chi connectivity index (χ4v) is 4.19. The number of imidazole rings is 2. The van der Waals surface area contributed by atoms with Crippen LogP contribution in [0.2, 0.25) is 0 Å². The number of likely N-dealkylation sites (N-methyl/N-ethyl adjacent to an activating group) is 2. The van der Waals surface area contributed by atoms with Crippen LogP contribution in [0.4, 0.5) is 0 Å². The van der Waals surface area contributed by atoms with E-state index in [1.54, 1.807) is 13.2 Å². The second-order valence-corrected chi connectivity index (χ2v) is 9.03. The van der Waals surface area contributed by atoms with Gasteiger partial charge < -0.3 is 19.9 Å². The number of carbonyl (C=O) groups excluding carboxylic acids is 1. The number of Topliss-reactive ketones (excluding diaryl/α,β-unsaturated/α-hetero) is 1. The van der Waals surface area contributed by atoms with Crippen molar-refractivity contribution in [3.63, 3.8) is 0 Å². The molecule has 1 aliphatic heterocycles. The normalized spacial score (nSPS) is 13.8. The highest BCUT2D eigenvalue weighted by molar-refractivity contribution is 7.59. The molecular formula is C28H48N8OS. The number of fused-ring (bicyclic) bond motifs is 2. The summed E-state index contributed by atoms with van der Waals surface area (Å²) in [6, 6.07) is 9.99. The number of hydrogen-bond donors (Lipinski definition) is 2. The Hall–Kier alpha value is -2.76. The second kappa shape index (κ2) is 16.3. The van der Waals surface area contributed by atoms with E-state index in [1.807, 2.05) is 67.9 Å². The summed E-state index contributed by atoms with van der Waals surface area (Å²) in [6.07, 6.45) is 7.57. The second-order valence-electron chi connectivity index (χ2n) is 9.03. The van der Waals surface area contributed by atoms with Gasteiger partial charge >= 0.3 is 0 Å². The highest BCUT2D eigenvalue weighted by atomic mass is 32.1. The Labute approximate surface area is 236 Å². The smallest absolute Gasteiger partial charge is 0.194 e. The molecule has 0 unspecified atom stereocenters. The van der Waals surface area contributed by atoms with E-state index in [0.29, 0.717) is 12.2 Å². The number of carbonyl (C=O) groups is 1. The maximum Gasteiger partial charge on any atom is 0.194 e. The van der Waals surface area contributed by atoms with E-state index in [4.69, 9.17) is 0 Å². The van der Waals surface area contributed by atoms with E-state index in [0.717, 1.165) is 36.5 Å². The van der Waals surface area contributed by atoms with Crippen LogP contribution in [0, 0.1) is 6.92 Å². The number of aryl methyl sites for hydroxylation is 1. The summed E-state index contributed by atoms with van der Waals surface area (Å²) in [5, 5.41) is 6.37. The van der Waals surface area contributed by atoms with Crippen molar-refractivity contribution in [2.75, 3.05) is 59.9 Å². The van der Waals surface area contributed by atoms with E-state index in [1.165, 1.54) is 31.9 Å². The third-order valence-corrected chi connectivity index (χ3v) is 6.28. The zero-order valence-electron chi connectivity index (χ0n) is 23.4. The minimum Gasteiger partial charge on any atom is -0.313 e. The first kappa shape index (κ1) is 31.5. The molecule has 0 aliphatic carbocycles. The van der Waals surface area contributed by atoms with Crippen molar-refractivity contribution in [3.05, 3.63) is 72.1 Å². The summed E-state index contributed by atoms with van der Waals surface area (Å²) in [5.41, 5.74) is 4.78. The summed E-state index contributed by atoms with van der Waals surface area (Å²) >= 11 is 0. The van der Waals surface area contributed by atoms with Crippen LogP contribution in [0.15, 0.2) is 55.1 Å². The Balaban J connectivity index is 0.000000689. The largest absolute Gasteiger partial charge is 0.313 e. The number of nitrogens with zero attached hydrogens (tertiary/aromatic N) is 6. The van der Waals surface area contributed by atoms with E-state index in [9.17, 15) is 4.79 Å². The van der Waals surface area contributed by atoms with Gasteiger partial charge in [-0.2, -0.15) is 13.5 Å². The number of ketones is 1. The lowest BCUT2D eigenvalue weighted by atomic mass is 10.3. The fourth-order valence-electron chi connectivity index (χ4n) is 4.19. The highest BCUT2D eigenvalue weighted by Gasteiger charge is 2.13. The zero-order chi connectivity index (χ0) is 26.6. The third kappa shape index (κ3) is 8.64. The van der Waals surface area contributed by atoms with Crippen molar-refractivity contribution >= 4 is 30.6 Å². The predicted molar refractivity (Wildman–Crippen MR) is 165 cm³/mol. The molecule has 0 saturated carbocycles. The molecule has 0 amide bonds. The maximum absolute atomic E-state index is 11.7. The van der Waals surface area contributed by atoms with Gasteiger partial charge in [-0.1, -0.05) is 26.0 Å². The first-order chi connectivity index (χ1) is 18.0. The highest BCUT2D eigenvalue weighted by Crippen LogP contribution is 2.09. The van der Waals surface area contributed by atoms with Gasteiger partial charge in [-0.05, 0) is 44.8 Å². The molecule has 4 aromatic heterocycles. The van der Waals surface area contributed by atoms with Gasteiger partial charge in [0.25, 0.3) is 0 Å². The van der Waals surface area contributed by atoms with Crippen LogP contribution >= 0.6 is 13.5 Å². The van der Waals surface area contributed by atoms with E-state index >= 15 is 0 Å². The van der Waals surface area contributed by atoms with Crippen LogP contribution < -0.4 is 10.6 Å². The molecule has 10 heteroatoms. The molecule has 1 aliphatic rings. The minimum atomic E-state index is 0. The maximum atomic E-state index is 11.7. The molecule has 1 fully saturated rings. The van der Waals surface area contributed by atoms with E-state index in [2.05, 4.69) is 48.0 Å². The Kier molecular flexibility index (Phi) is 13.5. The first-order valence-electron chi connectivity index (χ1n) is 13.2. The molecule has 212 valence electrons. The lowest BCUT2D eigenvalue weighted by Gasteiger charge is -2.32. The van der Waals surface area contributed by atoms with Gasteiger partial charge in [0, 0.05) is 61.1 Å². The average Bonchev–Trinajstić information content (AvgIpc) is 3.53. The monoisotopic (exact) mass is 544 g/mol. The molecule has 0 aromatic carbocycles. The van der Waals surface area contributed by atoms with Gasteiger partial charge in [-0.15, -0.1) is 0 Å². The molecule has 0 radical (unpaired) electrons. The molecule has 1 saturated heterocycles. The van der Waals surface area contributed by atoms with Gasteiger partial charge in [0.05, 0.1) is 24.6 Å². The summed E-state index contributed by atoms with van der Waals surface area (Å²) < 4.78 is 3.97. The third-order valence-electron chi connectivity index (χ3n) is 6.28. The standard InChI is InChI=1S/C15H23N5.C11H13N3O.C2H6.H2S.2H2/c1-18-8-10-19(11-9-18)7-5-16-12-14-13-17-15-4-2-3-6-20(14)15;1-8-3-4-11-13-5-9(14(11)7-8)10(15)6-12-2;1-2;;;/h2-4,6,13,16H,5,7-12H2,1H3;3-5,7,12H,6H2,1-2H3;1-2H3;1H2;2*1H. The molecule has 0 spiro atoms. The predicted octanol–water partition coefficient (Wildman–Crippen LogP) is 3.35. The first-order valence-corrected chi connectivity index (χ1v) is 13.2. The Morgan fingerprint density at radius 3 is 2.45 bits per heavy atom. The van der Waals surface area contributed by atoms with Gasteiger partial charge in [0.15, 0.2) is 5.78 Å². The Morgan fingerprint density at radius 1 is 1.00 bits per heavy atom. The van der Waals surface area contributed by atoms with Crippen molar-refractivity contribution in [3.8, 4) is 0 Å². The van der Waals surface area contributed by atoms with Crippen LogP contribution in [0.1, 0.15) is 38.4 Å². The van der Waals surface area contributed by atoms with Gasteiger partial charge in [0.1, 0.15) is 17.0 Å². The van der Waals surface area contributed by atoms with Crippen LogP contribution in [-0.2, 0) is 6.54 Å². The summed E-state index contributed by atoms with van der Waals surface area (Å²) in [6.45, 7) is 14.1. The van der Waals surface area contributed by atoms with Crippen LogP contribution in [0.3, 0.4) is 0 Å². The lowest BCUT2D eigenvalue weighted by molar-refractivity contribution is 0.0988. The molecule has 0 bridgehead atoms. The molecular weight excluding hydrogens is 496 g/mol. The molecule has 9 nitrogen and oxygen atoms in total. The van der Waals surface area contributed by atoms with Crippen molar-refractivity contribution in [1.29, 1.82) is 0 Å². The summed E-state index contributed by atoms with van der Waals surface area (Å²) in [5.74, 6) is 0.0515. The molecule has 5 heterocycles.